The molecule has 1 aliphatic heterocycles. The molecule has 0 bridgehead atoms. The Morgan fingerprint density at radius 1 is 0.935 bits per heavy atom. The van der Waals surface area contributed by atoms with Crippen LogP contribution in [0.15, 0.2) is 91.4 Å². The van der Waals surface area contributed by atoms with Gasteiger partial charge in [-0.15, -0.1) is 0 Å². The van der Waals surface area contributed by atoms with Gasteiger partial charge in [0, 0.05) is 35.0 Å². The van der Waals surface area contributed by atoms with Crippen molar-refractivity contribution in [2.45, 2.75) is 18.6 Å². The number of aromatic nitrogens is 3. The van der Waals surface area contributed by atoms with E-state index in [0.717, 1.165) is 22.8 Å². The Balaban J connectivity index is 1.61. The lowest BCUT2D eigenvalue weighted by atomic mass is 10.0. The summed E-state index contributed by atoms with van der Waals surface area (Å²) in [6, 6.07) is 23.8. The molecule has 1 aliphatic rings. The van der Waals surface area contributed by atoms with E-state index in [1.54, 1.807) is 0 Å². The highest BCUT2D eigenvalue weighted by molar-refractivity contribution is 7.80. The van der Waals surface area contributed by atoms with E-state index in [1.807, 2.05) is 73.1 Å². The number of thiocarbonyl (C=S) groups is 1. The molecule has 5 nitrogen and oxygen atoms in total. The van der Waals surface area contributed by atoms with Gasteiger partial charge in [-0.25, -0.2) is 0 Å². The Morgan fingerprint density at radius 3 is 2.52 bits per heavy atom. The second-order valence-electron chi connectivity index (χ2n) is 7.36. The molecule has 0 radical (unpaired) electrons. The van der Waals surface area contributed by atoms with Crippen molar-refractivity contribution in [1.29, 1.82) is 0 Å². The molecule has 0 amide bonds. The second-order valence-corrected chi connectivity index (χ2v) is 8.18. The van der Waals surface area contributed by atoms with Gasteiger partial charge in [0.05, 0.1) is 30.0 Å². The lowest BCUT2D eigenvalue weighted by Gasteiger charge is -2.28. The van der Waals surface area contributed by atoms with Crippen molar-refractivity contribution >= 4 is 28.9 Å². The Morgan fingerprint density at radius 2 is 1.77 bits per heavy atom. The fourth-order valence-corrected chi connectivity index (χ4v) is 4.55. The van der Waals surface area contributed by atoms with E-state index in [-0.39, 0.29) is 12.1 Å². The molecule has 0 spiro atoms. The van der Waals surface area contributed by atoms with Gasteiger partial charge in [-0.1, -0.05) is 29.8 Å². The van der Waals surface area contributed by atoms with Crippen molar-refractivity contribution in [3.8, 4) is 5.69 Å². The molecule has 7 heteroatoms. The molecule has 0 saturated carbocycles. The quantitative estimate of drug-likeness (QED) is 0.433. The van der Waals surface area contributed by atoms with Gasteiger partial charge in [0.15, 0.2) is 5.11 Å². The molecule has 1 saturated heterocycles. The minimum absolute atomic E-state index is 0.0709. The topological polar surface area (TPSA) is 46.0 Å². The first-order valence-electron chi connectivity index (χ1n) is 10.0. The number of halogens is 1. The lowest BCUT2D eigenvalue weighted by Crippen LogP contribution is -2.30. The van der Waals surface area contributed by atoms with E-state index < -0.39 is 0 Å². The van der Waals surface area contributed by atoms with Gasteiger partial charge in [-0.05, 0) is 66.8 Å². The molecule has 0 unspecified atom stereocenters. The van der Waals surface area contributed by atoms with Gasteiger partial charge in [0.1, 0.15) is 0 Å². The Bertz CT molecular complexity index is 1190. The zero-order chi connectivity index (χ0) is 21.2. The molecule has 1 N–H and O–H groups in total. The molecule has 31 heavy (non-hydrogen) atoms. The van der Waals surface area contributed by atoms with Crippen LogP contribution in [0.5, 0.6) is 0 Å². The Labute approximate surface area is 191 Å². The molecule has 4 aromatic rings. The number of nitrogens with one attached hydrogen (secondary N) is 1. The largest absolute Gasteiger partial charge is 0.352 e. The van der Waals surface area contributed by atoms with Crippen LogP contribution in [-0.4, -0.2) is 24.5 Å². The summed E-state index contributed by atoms with van der Waals surface area (Å²) >= 11 is 12.1. The maximum absolute atomic E-state index is 6.28. The van der Waals surface area contributed by atoms with Gasteiger partial charge in [-0.2, -0.15) is 0 Å². The van der Waals surface area contributed by atoms with E-state index in [0.29, 0.717) is 16.7 Å². The van der Waals surface area contributed by atoms with E-state index in [4.69, 9.17) is 23.8 Å². The smallest absolute Gasteiger partial charge is 0.170 e. The first-order valence-corrected chi connectivity index (χ1v) is 10.8. The fraction of sp³-hybridized carbons (Fsp3) is 0.125. The van der Waals surface area contributed by atoms with Crippen molar-refractivity contribution in [1.82, 2.24) is 24.8 Å². The molecular formula is C24H20ClN5S. The van der Waals surface area contributed by atoms with Gasteiger partial charge in [0.25, 0.3) is 0 Å². The average Bonchev–Trinajstić information content (AvgIpc) is 3.40. The highest BCUT2D eigenvalue weighted by atomic mass is 35.5. The highest BCUT2D eigenvalue weighted by Crippen LogP contribution is 2.40. The second kappa shape index (κ2) is 8.49. The summed E-state index contributed by atoms with van der Waals surface area (Å²) in [4.78, 5) is 11.3. The summed E-state index contributed by atoms with van der Waals surface area (Å²) in [5, 5.41) is 4.88. The molecule has 1 fully saturated rings. The molecule has 1 aromatic carbocycles. The number of pyridine rings is 2. The first-order chi connectivity index (χ1) is 15.2. The van der Waals surface area contributed by atoms with Gasteiger partial charge in [-0.3, -0.25) is 9.97 Å². The molecule has 5 rings (SSSR count). The van der Waals surface area contributed by atoms with Crippen LogP contribution in [-0.2, 0) is 6.54 Å². The minimum Gasteiger partial charge on any atom is -0.352 e. The van der Waals surface area contributed by atoms with Gasteiger partial charge < -0.3 is 14.8 Å². The van der Waals surface area contributed by atoms with E-state index in [1.165, 1.54) is 0 Å². The highest BCUT2D eigenvalue weighted by Gasteiger charge is 2.41. The summed E-state index contributed by atoms with van der Waals surface area (Å²) in [6.07, 6.45) is 5.67. The maximum atomic E-state index is 6.28. The summed E-state index contributed by atoms with van der Waals surface area (Å²) in [6.45, 7) is 0.599. The van der Waals surface area contributed by atoms with Gasteiger partial charge >= 0.3 is 0 Å². The van der Waals surface area contributed by atoms with Gasteiger partial charge in [0.2, 0.25) is 0 Å². The summed E-state index contributed by atoms with van der Waals surface area (Å²) in [5.41, 5.74) is 4.00. The first kappa shape index (κ1) is 19.7. The predicted molar refractivity (Wildman–Crippen MR) is 126 cm³/mol. The molecule has 4 heterocycles. The Kier molecular flexibility index (Phi) is 5.40. The maximum Gasteiger partial charge on any atom is 0.170 e. The SMILES string of the molecule is S=C1N[C@@H](c2ccccn2)[C@H](c2cccn2-c2cccc(Cl)c2)N1Cc1ccccn1. The number of hydrogen-bond acceptors (Lipinski definition) is 3. The third-order valence-electron chi connectivity index (χ3n) is 5.43. The average molecular weight is 446 g/mol. The van der Waals surface area contributed by atoms with Crippen LogP contribution in [0.1, 0.15) is 29.2 Å². The number of benzene rings is 1. The zero-order valence-electron chi connectivity index (χ0n) is 16.6. The predicted octanol–water partition coefficient (Wildman–Crippen LogP) is 5.09. The fourth-order valence-electron chi connectivity index (χ4n) is 4.06. The molecule has 154 valence electrons. The van der Waals surface area contributed by atoms with Crippen LogP contribution >= 0.6 is 23.8 Å². The van der Waals surface area contributed by atoms with E-state index in [2.05, 4.69) is 43.1 Å². The number of rotatable bonds is 5. The van der Waals surface area contributed by atoms with Crippen molar-refractivity contribution < 1.29 is 0 Å². The third kappa shape index (κ3) is 3.92. The number of nitrogens with zero attached hydrogens (tertiary/aromatic N) is 4. The normalized spacial score (nSPS) is 18.2. The van der Waals surface area contributed by atoms with Crippen molar-refractivity contribution in [2.24, 2.45) is 0 Å². The van der Waals surface area contributed by atoms with Crippen LogP contribution in [0.4, 0.5) is 0 Å². The molecule has 0 aliphatic carbocycles. The van der Waals surface area contributed by atoms with Crippen LogP contribution in [0.2, 0.25) is 5.02 Å². The van der Waals surface area contributed by atoms with Crippen LogP contribution in [0.25, 0.3) is 5.69 Å². The minimum atomic E-state index is -0.0924. The van der Waals surface area contributed by atoms with Crippen molar-refractivity contribution in [3.63, 3.8) is 0 Å². The third-order valence-corrected chi connectivity index (χ3v) is 6.01. The van der Waals surface area contributed by atoms with E-state index >= 15 is 0 Å². The van der Waals surface area contributed by atoms with Crippen LogP contribution in [0.3, 0.4) is 0 Å². The molecule has 2 atom stereocenters. The molecular weight excluding hydrogens is 426 g/mol. The monoisotopic (exact) mass is 445 g/mol. The number of hydrogen-bond donors (Lipinski definition) is 1. The van der Waals surface area contributed by atoms with Crippen molar-refractivity contribution in [3.05, 3.63) is 113 Å². The zero-order valence-corrected chi connectivity index (χ0v) is 18.2. The van der Waals surface area contributed by atoms with E-state index in [9.17, 15) is 0 Å². The van der Waals surface area contributed by atoms with Crippen LogP contribution in [0, 0.1) is 0 Å². The van der Waals surface area contributed by atoms with Crippen LogP contribution < -0.4 is 5.32 Å². The Hall–Kier alpha value is -3.22. The summed E-state index contributed by atoms with van der Waals surface area (Å²) in [5.74, 6) is 0. The lowest BCUT2D eigenvalue weighted by molar-refractivity contribution is 0.299. The molecule has 3 aromatic heterocycles. The summed E-state index contributed by atoms with van der Waals surface area (Å²) < 4.78 is 2.16. The summed E-state index contributed by atoms with van der Waals surface area (Å²) in [7, 11) is 0. The van der Waals surface area contributed by atoms with Crippen molar-refractivity contribution in [2.75, 3.05) is 0 Å². The standard InChI is InChI=1S/C24H20ClN5S/c25-17-7-5-9-19(15-17)29-14-6-11-21(29)23-22(20-10-2-4-13-27-20)28-24(31)30(23)16-18-8-1-3-12-26-18/h1-15,22-23H,16H2,(H,28,31)/t22-,23-/m0/s1.